The Balaban J connectivity index is 2.05. The van der Waals surface area contributed by atoms with Crippen molar-refractivity contribution >= 4 is 5.69 Å². The molecule has 0 fully saturated rings. The molecule has 3 rings (SSSR count). The number of methoxy groups -OCH3 is 1. The van der Waals surface area contributed by atoms with E-state index in [1.165, 1.54) is 6.07 Å². The Morgan fingerprint density at radius 3 is 2.27 bits per heavy atom. The third-order valence-corrected chi connectivity index (χ3v) is 3.31. The fourth-order valence-electron chi connectivity index (χ4n) is 2.15. The molecule has 3 aromatic rings. The van der Waals surface area contributed by atoms with Gasteiger partial charge in [0.25, 0.3) is 5.56 Å². The van der Waals surface area contributed by atoms with E-state index >= 15 is 0 Å². The lowest BCUT2D eigenvalue weighted by atomic mass is 10.1. The Labute approximate surface area is 127 Å². The van der Waals surface area contributed by atoms with E-state index in [0.29, 0.717) is 17.2 Å². The van der Waals surface area contributed by atoms with Crippen LogP contribution >= 0.6 is 0 Å². The molecule has 0 amide bonds. The number of nitrogens with one attached hydrogen (secondary N) is 1. The van der Waals surface area contributed by atoms with Crippen LogP contribution in [0.5, 0.6) is 5.75 Å². The van der Waals surface area contributed by atoms with Gasteiger partial charge in [-0.1, -0.05) is 12.1 Å². The molecule has 1 aromatic heterocycles. The highest BCUT2D eigenvalue weighted by atomic mass is 16.5. The summed E-state index contributed by atoms with van der Waals surface area (Å²) in [5.41, 5.74) is 8.42. The third kappa shape index (κ3) is 2.83. The molecule has 0 aliphatic heterocycles. The summed E-state index contributed by atoms with van der Waals surface area (Å²) in [5, 5.41) is 0. The van der Waals surface area contributed by atoms with Crippen LogP contribution in [-0.4, -0.2) is 17.1 Å². The zero-order chi connectivity index (χ0) is 15.5. The molecule has 22 heavy (non-hydrogen) atoms. The van der Waals surface area contributed by atoms with Crippen molar-refractivity contribution in [3.8, 4) is 28.4 Å². The summed E-state index contributed by atoms with van der Waals surface area (Å²) in [4.78, 5) is 19.2. The summed E-state index contributed by atoms with van der Waals surface area (Å²) in [6, 6.07) is 16.1. The van der Waals surface area contributed by atoms with Crippen molar-refractivity contribution in [2.75, 3.05) is 12.8 Å². The maximum atomic E-state index is 11.9. The molecule has 0 spiro atoms. The number of nitrogen functional groups attached to an aromatic ring is 1. The Hall–Kier alpha value is -3.08. The van der Waals surface area contributed by atoms with Crippen LogP contribution in [0, 0.1) is 0 Å². The number of nitrogens with two attached hydrogens (primary N) is 1. The number of aromatic nitrogens is 2. The largest absolute Gasteiger partial charge is 0.497 e. The minimum atomic E-state index is -0.201. The van der Waals surface area contributed by atoms with Gasteiger partial charge < -0.3 is 15.5 Å². The molecule has 2 aromatic carbocycles. The van der Waals surface area contributed by atoms with E-state index in [1.54, 1.807) is 19.2 Å². The summed E-state index contributed by atoms with van der Waals surface area (Å²) in [6.07, 6.45) is 0. The Kier molecular flexibility index (Phi) is 3.62. The number of ether oxygens (including phenoxy) is 1. The van der Waals surface area contributed by atoms with Gasteiger partial charge in [-0.25, -0.2) is 4.98 Å². The van der Waals surface area contributed by atoms with Gasteiger partial charge >= 0.3 is 0 Å². The molecule has 0 radical (unpaired) electrons. The van der Waals surface area contributed by atoms with Gasteiger partial charge in [0.15, 0.2) is 0 Å². The summed E-state index contributed by atoms with van der Waals surface area (Å²) >= 11 is 0. The van der Waals surface area contributed by atoms with E-state index in [-0.39, 0.29) is 5.56 Å². The lowest BCUT2D eigenvalue weighted by Gasteiger charge is -2.06. The summed E-state index contributed by atoms with van der Waals surface area (Å²) in [5.74, 6) is 1.27. The maximum absolute atomic E-state index is 11.9. The molecule has 5 nitrogen and oxygen atoms in total. The molecule has 0 saturated carbocycles. The number of hydrogen-bond acceptors (Lipinski definition) is 4. The average Bonchev–Trinajstić information content (AvgIpc) is 2.55. The Morgan fingerprint density at radius 1 is 1.00 bits per heavy atom. The molecule has 1 heterocycles. The van der Waals surface area contributed by atoms with Crippen molar-refractivity contribution in [1.29, 1.82) is 0 Å². The quantitative estimate of drug-likeness (QED) is 0.727. The van der Waals surface area contributed by atoms with Crippen molar-refractivity contribution in [1.82, 2.24) is 9.97 Å². The number of hydrogen-bond donors (Lipinski definition) is 2. The topological polar surface area (TPSA) is 81.0 Å². The minimum absolute atomic E-state index is 0.201. The lowest BCUT2D eigenvalue weighted by Crippen LogP contribution is -2.08. The predicted octanol–water partition coefficient (Wildman–Crippen LogP) is 2.69. The number of nitrogens with zero attached hydrogens (tertiary/aromatic N) is 1. The maximum Gasteiger partial charge on any atom is 0.251 e. The molecule has 3 N–H and O–H groups in total. The van der Waals surface area contributed by atoms with Crippen molar-refractivity contribution in [2.24, 2.45) is 0 Å². The van der Waals surface area contributed by atoms with Crippen LogP contribution in [0.1, 0.15) is 0 Å². The van der Waals surface area contributed by atoms with E-state index in [2.05, 4.69) is 9.97 Å². The first-order chi connectivity index (χ1) is 10.7. The van der Waals surface area contributed by atoms with E-state index in [9.17, 15) is 4.79 Å². The summed E-state index contributed by atoms with van der Waals surface area (Å²) in [7, 11) is 1.61. The van der Waals surface area contributed by atoms with Gasteiger partial charge in [-0.3, -0.25) is 4.79 Å². The van der Waals surface area contributed by atoms with Crippen molar-refractivity contribution < 1.29 is 4.74 Å². The SMILES string of the molecule is COc1ccc(-c2nc(-c3ccc(N)cc3)cc(=O)[nH]2)cc1. The molecular formula is C17H15N3O2. The first-order valence-corrected chi connectivity index (χ1v) is 6.77. The van der Waals surface area contributed by atoms with E-state index in [4.69, 9.17) is 10.5 Å². The summed E-state index contributed by atoms with van der Waals surface area (Å²) < 4.78 is 5.13. The first-order valence-electron chi connectivity index (χ1n) is 6.77. The van der Waals surface area contributed by atoms with Crippen LogP contribution in [0.4, 0.5) is 5.69 Å². The highest BCUT2D eigenvalue weighted by molar-refractivity contribution is 5.65. The van der Waals surface area contributed by atoms with Gasteiger partial charge in [-0.15, -0.1) is 0 Å². The van der Waals surface area contributed by atoms with Crippen molar-refractivity contribution in [2.45, 2.75) is 0 Å². The van der Waals surface area contributed by atoms with Crippen LogP contribution in [-0.2, 0) is 0 Å². The normalized spacial score (nSPS) is 10.4. The molecule has 0 unspecified atom stereocenters. The van der Waals surface area contributed by atoms with Crippen molar-refractivity contribution in [3.05, 3.63) is 65.0 Å². The first kappa shape index (κ1) is 13.9. The number of aromatic amines is 1. The van der Waals surface area contributed by atoms with Gasteiger partial charge in [0.2, 0.25) is 0 Å². The minimum Gasteiger partial charge on any atom is -0.497 e. The van der Waals surface area contributed by atoms with Crippen molar-refractivity contribution in [3.63, 3.8) is 0 Å². The van der Waals surface area contributed by atoms with Crippen LogP contribution in [0.3, 0.4) is 0 Å². The second kappa shape index (κ2) is 5.73. The Bertz CT molecular complexity index is 837. The molecule has 5 heteroatoms. The number of rotatable bonds is 3. The van der Waals surface area contributed by atoms with E-state index in [1.807, 2.05) is 36.4 Å². The molecule has 0 saturated heterocycles. The molecule has 0 aliphatic carbocycles. The predicted molar refractivity (Wildman–Crippen MR) is 86.7 cm³/mol. The number of H-pyrrole nitrogens is 1. The van der Waals surface area contributed by atoms with Crippen LogP contribution in [0.15, 0.2) is 59.4 Å². The van der Waals surface area contributed by atoms with Gasteiger partial charge in [0.05, 0.1) is 12.8 Å². The molecule has 110 valence electrons. The van der Waals surface area contributed by atoms with Gasteiger partial charge in [0, 0.05) is 22.9 Å². The molecule has 0 bridgehead atoms. The second-order valence-electron chi connectivity index (χ2n) is 4.83. The summed E-state index contributed by atoms with van der Waals surface area (Å²) in [6.45, 7) is 0. The highest BCUT2D eigenvalue weighted by Gasteiger charge is 2.06. The number of benzene rings is 2. The average molecular weight is 293 g/mol. The standard InChI is InChI=1S/C17H15N3O2/c1-22-14-8-4-12(5-9-14)17-19-15(10-16(21)20-17)11-2-6-13(18)7-3-11/h2-10H,18H2,1H3,(H,19,20,21). The van der Waals surface area contributed by atoms with Gasteiger partial charge in [-0.05, 0) is 36.4 Å². The molecule has 0 aliphatic rings. The fourth-order valence-corrected chi connectivity index (χ4v) is 2.15. The monoisotopic (exact) mass is 293 g/mol. The fraction of sp³-hybridized carbons (Fsp3) is 0.0588. The third-order valence-electron chi connectivity index (χ3n) is 3.31. The smallest absolute Gasteiger partial charge is 0.251 e. The zero-order valence-electron chi connectivity index (χ0n) is 12.0. The lowest BCUT2D eigenvalue weighted by molar-refractivity contribution is 0.415. The highest BCUT2D eigenvalue weighted by Crippen LogP contribution is 2.22. The van der Waals surface area contributed by atoms with Gasteiger partial charge in [-0.2, -0.15) is 0 Å². The number of anilines is 1. The van der Waals surface area contributed by atoms with E-state index in [0.717, 1.165) is 16.9 Å². The van der Waals surface area contributed by atoms with E-state index < -0.39 is 0 Å². The Morgan fingerprint density at radius 2 is 1.64 bits per heavy atom. The van der Waals surface area contributed by atoms with Crippen LogP contribution in [0.2, 0.25) is 0 Å². The van der Waals surface area contributed by atoms with Gasteiger partial charge in [0.1, 0.15) is 11.6 Å². The van der Waals surface area contributed by atoms with Crippen LogP contribution < -0.4 is 16.0 Å². The zero-order valence-corrected chi connectivity index (χ0v) is 12.0. The molecule has 0 atom stereocenters. The van der Waals surface area contributed by atoms with Crippen LogP contribution in [0.25, 0.3) is 22.6 Å². The molecular weight excluding hydrogens is 278 g/mol. The second-order valence-corrected chi connectivity index (χ2v) is 4.83.